The molecular weight excluding hydrogens is 1230 g/mol. The Hall–Kier alpha value is -13.1. The highest BCUT2D eigenvalue weighted by Crippen LogP contribution is 2.49. The van der Waals surface area contributed by atoms with Crippen LogP contribution in [0.2, 0.25) is 0 Å². The third-order valence-electron chi connectivity index (χ3n) is 19.9. The molecule has 100 heavy (non-hydrogen) atoms. The number of imidazole rings is 3. The zero-order chi connectivity index (χ0) is 66.3. The van der Waals surface area contributed by atoms with Crippen molar-refractivity contribution in [1.29, 1.82) is 0 Å². The predicted molar refractivity (Wildman–Crippen MR) is 402 cm³/mol. The van der Waals surface area contributed by atoms with Crippen LogP contribution < -0.4 is 14.2 Å². The lowest BCUT2D eigenvalue weighted by molar-refractivity contribution is 0.474. The molecule has 22 rings (SSSR count). The third-order valence-corrected chi connectivity index (χ3v) is 19.9. The van der Waals surface area contributed by atoms with Crippen LogP contribution in [0.15, 0.2) is 273 Å². The van der Waals surface area contributed by atoms with E-state index < -0.39 is 0 Å². The molecule has 0 radical (unpaired) electrons. The summed E-state index contributed by atoms with van der Waals surface area (Å²) in [5, 5.41) is 7.55. The van der Waals surface area contributed by atoms with E-state index in [2.05, 4.69) is 226 Å². The largest absolute Gasteiger partial charge is 0.453 e. The van der Waals surface area contributed by atoms with Crippen LogP contribution in [-0.4, -0.2) is 47.8 Å². The average Bonchev–Trinajstić information content (AvgIpc) is 1.57. The smallest absolute Gasteiger partial charge is 0.153 e. The van der Waals surface area contributed by atoms with Crippen molar-refractivity contribution in [2.75, 3.05) is 0 Å². The maximum absolute atomic E-state index is 6.34. The van der Waals surface area contributed by atoms with Gasteiger partial charge in [-0.3, -0.25) is 13.7 Å². The molecule has 13 aromatic carbocycles. The number of rotatable bonds is 7. The average molecular weight is 1290 g/mol. The first-order chi connectivity index (χ1) is 49.5. The van der Waals surface area contributed by atoms with E-state index >= 15 is 0 Å². The Kier molecular flexibility index (Phi) is 12.8. The van der Waals surface area contributed by atoms with E-state index in [0.29, 0.717) is 0 Å². The Balaban J connectivity index is 0.000000101. The summed E-state index contributed by atoms with van der Waals surface area (Å²) in [6, 6.07) is 94.2. The molecule has 0 N–H and O–H groups in total. The van der Waals surface area contributed by atoms with Crippen LogP contribution in [0, 0.1) is 0 Å². The summed E-state index contributed by atoms with van der Waals surface area (Å²) in [4.78, 5) is 25.6. The molecule has 0 aliphatic carbocycles. The number of para-hydroxylation sites is 11. The highest BCUT2D eigenvalue weighted by atomic mass is 16.5. The second kappa shape index (κ2) is 22.5. The van der Waals surface area contributed by atoms with Gasteiger partial charge in [0.1, 0.15) is 50.6 Å². The van der Waals surface area contributed by atoms with Gasteiger partial charge in [0, 0.05) is 51.9 Å². The number of hydrogen-bond donors (Lipinski definition) is 0. The standard InChI is InChI=1S/C31H21N3O.C29H20N4O.C27H19N3O/c1-2-28-32-30-25(17-18-27-31(30)34(28)23-13-7-8-14-26(23)35-27)33-22-12-6-5-11-21(22)29-20-10-4-3-9-19(20)15-16-24(29)33;1-2-25-32-28-19(16-17-24-29(28)33(25)22-14-8-9-15-23(22)34-24)27-26(18-10-4-3-5-11-18)30-20-12-6-7-13-21(20)31-27;1-2-25-28-26-22(15-16-24-27(26)30(25)21-13-7-8-14-23(21)31-24)29-19-11-5-3-9-17(19)18-10-4-6-12-20(18)29/h3-18H,2H2,1H3;3-17H,2H2,1H3;3-16H,2H2,1H3. The number of nitrogens with zero attached hydrogens (tertiary/aromatic N) is 10. The molecule has 3 aliphatic rings. The van der Waals surface area contributed by atoms with E-state index in [-0.39, 0.29) is 0 Å². The molecular formula is C87H60N10O3. The molecule has 0 bridgehead atoms. The Bertz CT molecular complexity index is 6560. The number of benzene rings is 13. The van der Waals surface area contributed by atoms with Crippen molar-refractivity contribution in [1.82, 2.24) is 47.8 Å². The van der Waals surface area contributed by atoms with Crippen molar-refractivity contribution in [3.63, 3.8) is 0 Å². The van der Waals surface area contributed by atoms with Crippen molar-refractivity contribution in [3.8, 4) is 85.4 Å². The van der Waals surface area contributed by atoms with Crippen LogP contribution in [-0.2, 0) is 19.3 Å². The minimum absolute atomic E-state index is 0.802. The molecule has 9 heterocycles. The van der Waals surface area contributed by atoms with Gasteiger partial charge < -0.3 is 23.3 Å². The fourth-order valence-corrected chi connectivity index (χ4v) is 15.6. The number of aryl methyl sites for hydroxylation is 3. The fraction of sp³-hybridized carbons (Fsp3) is 0.0690. The summed E-state index contributed by atoms with van der Waals surface area (Å²) in [6.45, 7) is 6.45. The van der Waals surface area contributed by atoms with Gasteiger partial charge in [-0.1, -0.05) is 185 Å². The summed E-state index contributed by atoms with van der Waals surface area (Å²) < 4.78 is 30.4. The first kappa shape index (κ1) is 57.1. The summed E-state index contributed by atoms with van der Waals surface area (Å²) in [6.07, 6.45) is 2.48. The Morgan fingerprint density at radius 3 is 1.20 bits per heavy atom. The van der Waals surface area contributed by atoms with Gasteiger partial charge in [-0.15, -0.1) is 0 Å². The van der Waals surface area contributed by atoms with Gasteiger partial charge in [0.2, 0.25) is 0 Å². The van der Waals surface area contributed by atoms with Crippen LogP contribution >= 0.6 is 0 Å². The van der Waals surface area contributed by atoms with Gasteiger partial charge in [-0.05, 0) is 120 Å². The number of fused-ring (bicyclic) bond motifs is 15. The first-order valence-electron chi connectivity index (χ1n) is 34.2. The molecule has 0 unspecified atom stereocenters. The number of ether oxygens (including phenoxy) is 3. The molecule has 0 atom stereocenters. The van der Waals surface area contributed by atoms with Crippen LogP contribution in [0.1, 0.15) is 38.2 Å². The maximum Gasteiger partial charge on any atom is 0.153 e. The minimum Gasteiger partial charge on any atom is -0.453 e. The predicted octanol–water partition coefficient (Wildman–Crippen LogP) is 21.7. The van der Waals surface area contributed by atoms with Crippen LogP contribution in [0.3, 0.4) is 0 Å². The molecule has 0 amide bonds. The van der Waals surface area contributed by atoms with E-state index in [1.54, 1.807) is 0 Å². The lowest BCUT2D eigenvalue weighted by Gasteiger charge is -2.21. The van der Waals surface area contributed by atoms with Crippen molar-refractivity contribution < 1.29 is 14.2 Å². The van der Waals surface area contributed by atoms with Gasteiger partial charge in [-0.25, -0.2) is 24.9 Å². The van der Waals surface area contributed by atoms with E-state index in [1.807, 2.05) is 91.0 Å². The van der Waals surface area contributed by atoms with Crippen molar-refractivity contribution in [3.05, 3.63) is 290 Å². The highest BCUT2D eigenvalue weighted by molar-refractivity contribution is 6.22. The second-order valence-corrected chi connectivity index (χ2v) is 25.4. The summed E-state index contributed by atoms with van der Waals surface area (Å²) in [5.41, 5.74) is 21.2. The number of aromatic nitrogens is 10. The minimum atomic E-state index is 0.802. The van der Waals surface area contributed by atoms with Crippen molar-refractivity contribution in [2.24, 2.45) is 0 Å². The Labute approximate surface area is 573 Å². The van der Waals surface area contributed by atoms with Crippen LogP contribution in [0.4, 0.5) is 0 Å². The van der Waals surface area contributed by atoms with Gasteiger partial charge >= 0.3 is 0 Å². The molecule has 19 aromatic rings. The third kappa shape index (κ3) is 8.51. The monoisotopic (exact) mass is 1290 g/mol. The molecule has 476 valence electrons. The number of hydrogen-bond acceptors (Lipinski definition) is 8. The zero-order valence-electron chi connectivity index (χ0n) is 54.8. The van der Waals surface area contributed by atoms with E-state index in [0.717, 1.165) is 166 Å². The van der Waals surface area contributed by atoms with Gasteiger partial charge in [0.25, 0.3) is 0 Å². The lowest BCUT2D eigenvalue weighted by Crippen LogP contribution is -2.07. The first-order valence-corrected chi connectivity index (χ1v) is 34.2. The van der Waals surface area contributed by atoms with E-state index in [9.17, 15) is 0 Å². The van der Waals surface area contributed by atoms with Crippen molar-refractivity contribution >= 4 is 98.5 Å². The molecule has 0 saturated carbocycles. The maximum atomic E-state index is 6.34. The summed E-state index contributed by atoms with van der Waals surface area (Å²) >= 11 is 0. The lowest BCUT2D eigenvalue weighted by atomic mass is 10.0. The molecule has 3 aliphatic heterocycles. The zero-order valence-corrected chi connectivity index (χ0v) is 54.8. The van der Waals surface area contributed by atoms with Gasteiger partial charge in [0.05, 0.1) is 72.9 Å². The highest BCUT2D eigenvalue weighted by Gasteiger charge is 2.31. The van der Waals surface area contributed by atoms with Crippen molar-refractivity contribution in [2.45, 2.75) is 40.0 Å². The second-order valence-electron chi connectivity index (χ2n) is 25.4. The quantitative estimate of drug-likeness (QED) is 0.155. The Morgan fingerprint density at radius 2 is 0.670 bits per heavy atom. The molecule has 0 fully saturated rings. The van der Waals surface area contributed by atoms with Crippen LogP contribution in [0.5, 0.6) is 34.5 Å². The van der Waals surface area contributed by atoms with E-state index in [4.69, 9.17) is 39.1 Å². The SMILES string of the molecule is CCc1nc2c(-c3nc4ccccc4nc3-c3ccccc3)ccc3c2n1-c1ccccc1O3.CCc1nc2c(-n3c4ccccc4c4c5ccccc5ccc43)ccc3c2n1-c1ccccc1O3.CCc1nc2c(-n3c4ccccc4c4ccccc43)ccc3c2n1-c1ccccc1O3. The fourth-order valence-electron chi connectivity index (χ4n) is 15.6. The van der Waals surface area contributed by atoms with Crippen LogP contribution in [0.25, 0.3) is 149 Å². The Morgan fingerprint density at radius 1 is 0.270 bits per heavy atom. The molecule has 13 nitrogen and oxygen atoms in total. The molecule has 13 heteroatoms. The molecule has 6 aromatic heterocycles. The summed E-state index contributed by atoms with van der Waals surface area (Å²) in [5.74, 6) is 8.15. The van der Waals surface area contributed by atoms with E-state index in [1.165, 1.54) is 54.4 Å². The summed E-state index contributed by atoms with van der Waals surface area (Å²) in [7, 11) is 0. The van der Waals surface area contributed by atoms with Gasteiger partial charge in [-0.2, -0.15) is 0 Å². The normalized spacial score (nSPS) is 12.3. The van der Waals surface area contributed by atoms with Gasteiger partial charge in [0.15, 0.2) is 34.5 Å². The molecule has 0 saturated heterocycles. The topological polar surface area (TPSA) is 117 Å². The molecule has 0 spiro atoms.